The van der Waals surface area contributed by atoms with Crippen LogP contribution in [0.15, 0.2) is 102 Å². The second kappa shape index (κ2) is 13.0. The van der Waals surface area contributed by atoms with Gasteiger partial charge in [0, 0.05) is 0 Å². The first-order chi connectivity index (χ1) is 12.8. The molecular weight excluding hydrogens is 462 g/mol. The molecule has 0 radical (unpaired) electrons. The van der Waals surface area contributed by atoms with E-state index in [1.54, 1.807) is 0 Å². The van der Waals surface area contributed by atoms with Crippen LogP contribution in [0, 0.1) is 6.08 Å². The molecule has 0 aliphatic heterocycles. The van der Waals surface area contributed by atoms with Gasteiger partial charge in [-0.1, -0.05) is 31.6 Å². The van der Waals surface area contributed by atoms with Gasteiger partial charge in [-0.25, -0.2) is 5.57 Å². The van der Waals surface area contributed by atoms with Crippen LogP contribution in [0.5, 0.6) is 0 Å². The number of allylic oxidation sites excluding steroid dienone is 8. The van der Waals surface area contributed by atoms with E-state index in [1.165, 1.54) is 55.3 Å². The number of benzene rings is 2. The Morgan fingerprint density at radius 3 is 1.96 bits per heavy atom. The second-order valence-corrected chi connectivity index (χ2v) is 7.49. The van der Waals surface area contributed by atoms with Crippen molar-refractivity contribution >= 4 is 3.21 Å². The van der Waals surface area contributed by atoms with Gasteiger partial charge in [-0.3, -0.25) is 6.08 Å². The quantitative estimate of drug-likeness (QED) is 0.542. The molecule has 0 saturated heterocycles. The standard InChI is InChI=1S/C13H10.C12H13.2ClH.Zr/c1-3-7-12(8-4-1)11-13-9-5-2-6-10-13;1-2-10-8-5-9-12(10)11-6-3-4-7-11;;;/h1-10H;3-4,6,9H,2,5,7H2,1H3;2*1H;/q;-1;;;+2/p-2. The van der Waals surface area contributed by atoms with Gasteiger partial charge in [-0.05, 0) is 6.42 Å². The van der Waals surface area contributed by atoms with Crippen molar-refractivity contribution in [1.29, 1.82) is 0 Å². The van der Waals surface area contributed by atoms with Gasteiger partial charge in [0.25, 0.3) is 0 Å². The van der Waals surface area contributed by atoms with Crippen LogP contribution >= 0.6 is 0 Å². The molecule has 3 heteroatoms. The minimum atomic E-state index is 0. The Kier molecular flexibility index (Phi) is 11.5. The summed E-state index contributed by atoms with van der Waals surface area (Å²) in [5.74, 6) is 0. The predicted molar refractivity (Wildman–Crippen MR) is 108 cm³/mol. The van der Waals surface area contributed by atoms with Crippen LogP contribution in [0.2, 0.25) is 0 Å². The average Bonchev–Trinajstić information content (AvgIpc) is 3.40. The third-order valence-electron chi connectivity index (χ3n) is 4.54. The molecule has 0 saturated carbocycles. The third kappa shape index (κ3) is 6.66. The first-order valence-corrected chi connectivity index (χ1v) is 10.4. The summed E-state index contributed by atoms with van der Waals surface area (Å²) in [4.78, 5) is 0. The molecule has 0 amide bonds. The van der Waals surface area contributed by atoms with Crippen molar-refractivity contribution in [3.63, 3.8) is 0 Å². The Balaban J connectivity index is 0.000000264. The number of hydrogen-bond acceptors (Lipinski definition) is 0. The molecule has 0 nitrogen and oxygen atoms in total. The van der Waals surface area contributed by atoms with Crippen molar-refractivity contribution < 1.29 is 49.0 Å². The van der Waals surface area contributed by atoms with Gasteiger partial charge >= 0.3 is 99.2 Å². The van der Waals surface area contributed by atoms with Gasteiger partial charge in [-0.2, -0.15) is 11.6 Å². The molecule has 0 aromatic heterocycles. The summed E-state index contributed by atoms with van der Waals surface area (Å²) in [6, 6.07) is 21.1. The minimum absolute atomic E-state index is 0. The van der Waals surface area contributed by atoms with Crippen LogP contribution in [0.4, 0.5) is 0 Å². The summed E-state index contributed by atoms with van der Waals surface area (Å²) < 4.78 is 1.42. The number of hydrogen-bond donors (Lipinski definition) is 0. The Hall–Kier alpha value is -1.27. The molecule has 4 rings (SSSR count). The molecule has 0 atom stereocenters. The molecular formula is C25H23Cl2Zr-. The number of rotatable bonds is 4. The molecule has 142 valence electrons. The molecule has 0 bridgehead atoms. The van der Waals surface area contributed by atoms with E-state index in [9.17, 15) is 0 Å². The van der Waals surface area contributed by atoms with E-state index in [4.69, 9.17) is 0 Å². The Labute approximate surface area is 196 Å². The number of halogens is 2. The summed E-state index contributed by atoms with van der Waals surface area (Å²) in [5, 5.41) is 0. The molecule has 2 aliphatic rings. The third-order valence-corrected chi connectivity index (χ3v) is 5.96. The topological polar surface area (TPSA) is 0 Å². The normalized spacial score (nSPS) is 13.9. The van der Waals surface area contributed by atoms with E-state index in [0.717, 1.165) is 19.3 Å². The maximum absolute atomic E-state index is 3.39. The maximum atomic E-state index is 3.39. The van der Waals surface area contributed by atoms with Crippen molar-refractivity contribution in [3.05, 3.63) is 119 Å². The molecule has 2 aromatic rings. The van der Waals surface area contributed by atoms with E-state index in [-0.39, 0.29) is 24.8 Å². The van der Waals surface area contributed by atoms with Crippen LogP contribution in [-0.4, -0.2) is 3.21 Å². The van der Waals surface area contributed by atoms with Crippen molar-refractivity contribution in [2.45, 2.75) is 26.2 Å². The second-order valence-electron chi connectivity index (χ2n) is 6.26. The monoisotopic (exact) mass is 483 g/mol. The van der Waals surface area contributed by atoms with Crippen molar-refractivity contribution in [3.8, 4) is 0 Å². The Morgan fingerprint density at radius 2 is 1.50 bits per heavy atom. The van der Waals surface area contributed by atoms with Gasteiger partial charge in [0.1, 0.15) is 0 Å². The first-order valence-electron chi connectivity index (χ1n) is 9.15. The Morgan fingerprint density at radius 1 is 0.929 bits per heavy atom. The fraction of sp³-hybridized carbons (Fsp3) is 0.160. The van der Waals surface area contributed by atoms with Gasteiger partial charge < -0.3 is 24.8 Å². The van der Waals surface area contributed by atoms with Gasteiger partial charge in [0.05, 0.1) is 0 Å². The van der Waals surface area contributed by atoms with Crippen molar-refractivity contribution in [1.82, 2.24) is 0 Å². The summed E-state index contributed by atoms with van der Waals surface area (Å²) in [6.45, 7) is 2.20. The van der Waals surface area contributed by atoms with Gasteiger partial charge in [0.2, 0.25) is 0 Å². The fourth-order valence-corrected chi connectivity index (χ4v) is 3.98. The summed E-state index contributed by atoms with van der Waals surface area (Å²) >= 11 is 1.46. The molecule has 0 unspecified atom stereocenters. The van der Waals surface area contributed by atoms with Gasteiger partial charge in [-0.15, -0.1) is 12.0 Å². The molecule has 2 aromatic carbocycles. The molecule has 28 heavy (non-hydrogen) atoms. The van der Waals surface area contributed by atoms with Crippen LogP contribution < -0.4 is 24.8 Å². The van der Waals surface area contributed by atoms with Crippen LogP contribution in [0.1, 0.15) is 37.3 Å². The van der Waals surface area contributed by atoms with Crippen molar-refractivity contribution in [2.24, 2.45) is 0 Å². The van der Waals surface area contributed by atoms with E-state index < -0.39 is 0 Å². The van der Waals surface area contributed by atoms with Crippen LogP contribution in [0.3, 0.4) is 0 Å². The molecule has 0 heterocycles. The SMILES string of the molecule is CCC1=[C-]CC=C1C1=CC=CC1.[Cl-].[Cl-].[Zr+2]=[C](c1ccccc1)c1ccccc1. The summed E-state index contributed by atoms with van der Waals surface area (Å²) in [6.07, 6.45) is 15.5. The Bertz CT molecular complexity index is 834. The zero-order chi connectivity index (χ0) is 18.2. The first kappa shape index (κ1) is 24.8. The fourth-order valence-electron chi connectivity index (χ4n) is 3.16. The van der Waals surface area contributed by atoms with E-state index in [2.05, 4.69) is 98.0 Å². The van der Waals surface area contributed by atoms with E-state index in [1.807, 2.05) is 0 Å². The summed E-state index contributed by atoms with van der Waals surface area (Å²) in [5.41, 5.74) is 6.98. The van der Waals surface area contributed by atoms with Crippen LogP contribution in [-0.2, 0) is 24.2 Å². The average molecular weight is 486 g/mol. The predicted octanol–water partition coefficient (Wildman–Crippen LogP) is 0.153. The zero-order valence-corrected chi connectivity index (χ0v) is 19.9. The van der Waals surface area contributed by atoms with Crippen molar-refractivity contribution in [2.75, 3.05) is 0 Å². The molecule has 2 aliphatic carbocycles. The molecule has 0 spiro atoms. The van der Waals surface area contributed by atoms with Gasteiger partial charge in [0.15, 0.2) is 0 Å². The van der Waals surface area contributed by atoms with Crippen LogP contribution in [0.25, 0.3) is 0 Å². The summed E-state index contributed by atoms with van der Waals surface area (Å²) in [7, 11) is 0. The molecule has 0 N–H and O–H groups in total. The molecule has 0 fully saturated rings. The van der Waals surface area contributed by atoms with E-state index in [0.29, 0.717) is 0 Å². The zero-order valence-electron chi connectivity index (χ0n) is 16.0. The van der Waals surface area contributed by atoms with E-state index >= 15 is 0 Å².